The molecule has 0 aliphatic carbocycles. The van der Waals surface area contributed by atoms with E-state index >= 15 is 0 Å². The fourth-order valence-corrected chi connectivity index (χ4v) is 3.62. The molecule has 126 valence electrons. The lowest BCUT2D eigenvalue weighted by atomic mass is 10.1. The minimum absolute atomic E-state index is 0.112. The number of carbonyl (C=O) groups is 2. The second-order valence-electron chi connectivity index (χ2n) is 5.29. The molecule has 2 aromatic carbocycles. The molecule has 2 aromatic rings. The Kier molecular flexibility index (Phi) is 6.01. The third-order valence-electron chi connectivity index (χ3n) is 3.10. The van der Waals surface area contributed by atoms with E-state index in [4.69, 9.17) is 9.84 Å². The van der Waals surface area contributed by atoms with Crippen molar-refractivity contribution >= 4 is 49.4 Å². The number of carboxylic acids is 1. The van der Waals surface area contributed by atoms with Crippen LogP contribution in [0.3, 0.4) is 0 Å². The number of nitrogens with one attached hydrogen (secondary N) is 1. The van der Waals surface area contributed by atoms with Gasteiger partial charge in [-0.2, -0.15) is 0 Å². The van der Waals surface area contributed by atoms with Crippen LogP contribution in [-0.2, 0) is 4.79 Å². The van der Waals surface area contributed by atoms with Crippen molar-refractivity contribution in [2.45, 2.75) is 13.8 Å². The summed E-state index contributed by atoms with van der Waals surface area (Å²) in [5, 5.41) is 11.8. The van der Waals surface area contributed by atoms with E-state index in [1.807, 2.05) is 32.0 Å². The van der Waals surface area contributed by atoms with Gasteiger partial charge in [-0.25, -0.2) is 4.79 Å². The van der Waals surface area contributed by atoms with E-state index in [1.165, 1.54) is 12.1 Å². The van der Waals surface area contributed by atoms with Gasteiger partial charge in [0, 0.05) is 5.69 Å². The van der Waals surface area contributed by atoms with Crippen molar-refractivity contribution in [1.29, 1.82) is 0 Å². The number of anilines is 1. The third kappa shape index (κ3) is 4.82. The molecule has 0 aliphatic heterocycles. The van der Waals surface area contributed by atoms with Crippen molar-refractivity contribution in [2.75, 3.05) is 11.9 Å². The lowest BCUT2D eigenvalue weighted by Gasteiger charge is -2.12. The number of halogens is 2. The fourth-order valence-electron chi connectivity index (χ4n) is 2.20. The molecule has 24 heavy (non-hydrogen) atoms. The van der Waals surface area contributed by atoms with Crippen LogP contribution in [0.2, 0.25) is 0 Å². The Morgan fingerprint density at radius 2 is 1.58 bits per heavy atom. The molecule has 0 unspecified atom stereocenters. The minimum atomic E-state index is -1.05. The number of amides is 1. The van der Waals surface area contributed by atoms with Crippen molar-refractivity contribution in [3.8, 4) is 5.75 Å². The predicted octanol–water partition coefficient (Wildman–Crippen LogP) is 4.54. The molecule has 0 bridgehead atoms. The van der Waals surface area contributed by atoms with Crippen LogP contribution in [0.1, 0.15) is 21.5 Å². The van der Waals surface area contributed by atoms with Gasteiger partial charge in [-0.1, -0.05) is 6.07 Å². The van der Waals surface area contributed by atoms with Gasteiger partial charge in [-0.05, 0) is 81.1 Å². The van der Waals surface area contributed by atoms with E-state index in [0.717, 1.165) is 11.1 Å². The van der Waals surface area contributed by atoms with Gasteiger partial charge in [0.1, 0.15) is 5.75 Å². The number of hydrogen-bond acceptors (Lipinski definition) is 3. The van der Waals surface area contributed by atoms with Gasteiger partial charge in [0.25, 0.3) is 5.91 Å². The number of hydrogen-bond donors (Lipinski definition) is 2. The van der Waals surface area contributed by atoms with Gasteiger partial charge in [0.2, 0.25) is 0 Å². The predicted molar refractivity (Wildman–Crippen MR) is 98.8 cm³/mol. The Labute approximate surface area is 156 Å². The van der Waals surface area contributed by atoms with Crippen LogP contribution < -0.4 is 10.1 Å². The first-order valence-electron chi connectivity index (χ1n) is 6.99. The van der Waals surface area contributed by atoms with Gasteiger partial charge in [-0.15, -0.1) is 0 Å². The second-order valence-corrected chi connectivity index (χ2v) is 7.00. The van der Waals surface area contributed by atoms with Crippen molar-refractivity contribution in [2.24, 2.45) is 0 Å². The Balaban J connectivity index is 2.05. The Bertz CT molecular complexity index is 762. The number of benzene rings is 2. The van der Waals surface area contributed by atoms with Crippen LogP contribution in [-0.4, -0.2) is 23.6 Å². The molecule has 2 N–H and O–H groups in total. The quantitative estimate of drug-likeness (QED) is 0.692. The number of ether oxygens (including phenoxy) is 1. The largest absolute Gasteiger partial charge is 0.481 e. The molecule has 0 heterocycles. The number of rotatable bonds is 5. The van der Waals surface area contributed by atoms with E-state index in [9.17, 15) is 9.59 Å². The smallest absolute Gasteiger partial charge is 0.335 e. The van der Waals surface area contributed by atoms with Crippen molar-refractivity contribution in [1.82, 2.24) is 0 Å². The molecule has 0 fully saturated rings. The summed E-state index contributed by atoms with van der Waals surface area (Å²) >= 11 is 6.50. The standard InChI is InChI=1S/C17H15Br2NO4/c1-9-3-10(2)5-12(4-9)20-15(21)8-24-16-13(18)6-11(17(22)23)7-14(16)19/h3-7H,8H2,1-2H3,(H,20,21)(H,22,23). The Hall–Kier alpha value is -1.86. The zero-order valence-corrected chi connectivity index (χ0v) is 16.2. The highest BCUT2D eigenvalue weighted by Crippen LogP contribution is 2.34. The van der Waals surface area contributed by atoms with Gasteiger partial charge in [0.15, 0.2) is 6.61 Å². The first kappa shape index (κ1) is 18.5. The molecular weight excluding hydrogens is 442 g/mol. The maximum atomic E-state index is 12.0. The van der Waals surface area contributed by atoms with Crippen LogP contribution in [0.5, 0.6) is 5.75 Å². The van der Waals surface area contributed by atoms with Gasteiger partial charge in [0.05, 0.1) is 14.5 Å². The van der Waals surface area contributed by atoms with Crippen LogP contribution in [0.4, 0.5) is 5.69 Å². The maximum Gasteiger partial charge on any atom is 0.335 e. The zero-order valence-electron chi connectivity index (χ0n) is 13.0. The van der Waals surface area contributed by atoms with Crippen LogP contribution in [0, 0.1) is 13.8 Å². The maximum absolute atomic E-state index is 12.0. The number of aromatic carboxylic acids is 1. The van der Waals surface area contributed by atoms with Crippen molar-refractivity contribution in [3.63, 3.8) is 0 Å². The van der Waals surface area contributed by atoms with Crippen LogP contribution >= 0.6 is 31.9 Å². The average molecular weight is 457 g/mol. The molecule has 0 saturated heterocycles. The topological polar surface area (TPSA) is 75.6 Å². The summed E-state index contributed by atoms with van der Waals surface area (Å²) < 4.78 is 6.40. The summed E-state index contributed by atoms with van der Waals surface area (Å²) in [5.74, 6) is -0.979. The lowest BCUT2D eigenvalue weighted by Crippen LogP contribution is -2.20. The summed E-state index contributed by atoms with van der Waals surface area (Å²) in [7, 11) is 0. The SMILES string of the molecule is Cc1cc(C)cc(NC(=O)COc2c(Br)cc(C(=O)O)cc2Br)c1. The molecule has 2 rings (SSSR count). The lowest BCUT2D eigenvalue weighted by molar-refractivity contribution is -0.118. The summed E-state index contributed by atoms with van der Waals surface area (Å²) in [6.45, 7) is 3.71. The van der Waals surface area contributed by atoms with E-state index in [2.05, 4.69) is 37.2 Å². The monoisotopic (exact) mass is 455 g/mol. The molecule has 0 radical (unpaired) electrons. The Morgan fingerprint density at radius 1 is 1.04 bits per heavy atom. The van der Waals surface area contributed by atoms with E-state index < -0.39 is 5.97 Å². The summed E-state index contributed by atoms with van der Waals surface area (Å²) in [6.07, 6.45) is 0. The summed E-state index contributed by atoms with van der Waals surface area (Å²) in [6, 6.07) is 8.61. The highest BCUT2D eigenvalue weighted by Gasteiger charge is 2.14. The highest BCUT2D eigenvalue weighted by molar-refractivity contribution is 9.11. The van der Waals surface area contributed by atoms with E-state index in [1.54, 1.807) is 0 Å². The summed E-state index contributed by atoms with van der Waals surface area (Å²) in [4.78, 5) is 23.0. The molecule has 1 amide bonds. The van der Waals surface area contributed by atoms with Crippen molar-refractivity contribution < 1.29 is 19.4 Å². The minimum Gasteiger partial charge on any atom is -0.481 e. The molecule has 0 saturated carbocycles. The first-order valence-corrected chi connectivity index (χ1v) is 8.58. The average Bonchev–Trinajstić information content (AvgIpc) is 2.44. The van der Waals surface area contributed by atoms with Gasteiger partial charge < -0.3 is 15.2 Å². The number of aryl methyl sites for hydroxylation is 2. The molecule has 0 aliphatic rings. The van der Waals surface area contributed by atoms with E-state index in [-0.39, 0.29) is 18.1 Å². The van der Waals surface area contributed by atoms with E-state index in [0.29, 0.717) is 20.4 Å². The fraction of sp³-hybridized carbons (Fsp3) is 0.176. The molecule has 7 heteroatoms. The Morgan fingerprint density at radius 3 is 2.08 bits per heavy atom. The van der Waals surface area contributed by atoms with Crippen LogP contribution in [0.15, 0.2) is 39.3 Å². The number of carbonyl (C=O) groups excluding carboxylic acids is 1. The van der Waals surface area contributed by atoms with Gasteiger partial charge in [-0.3, -0.25) is 4.79 Å². The first-order chi connectivity index (χ1) is 11.3. The van der Waals surface area contributed by atoms with Gasteiger partial charge >= 0.3 is 5.97 Å². The zero-order chi connectivity index (χ0) is 17.9. The normalized spacial score (nSPS) is 10.3. The summed E-state index contributed by atoms with van der Waals surface area (Å²) in [5.41, 5.74) is 2.93. The van der Waals surface area contributed by atoms with Crippen molar-refractivity contribution in [3.05, 3.63) is 56.0 Å². The van der Waals surface area contributed by atoms with Crippen LogP contribution in [0.25, 0.3) is 0 Å². The number of carboxylic acid groups (broad SMARTS) is 1. The molecule has 0 aromatic heterocycles. The molecule has 5 nitrogen and oxygen atoms in total. The molecular formula is C17H15Br2NO4. The second kappa shape index (κ2) is 7.81. The molecule has 0 atom stereocenters. The third-order valence-corrected chi connectivity index (χ3v) is 4.28. The molecule has 0 spiro atoms. The highest BCUT2D eigenvalue weighted by atomic mass is 79.9.